The monoisotopic (exact) mass is 288 g/mol. The number of alkyl halides is 2. The Labute approximate surface area is 123 Å². The largest absolute Gasteiger partial charge is 0.390 e. The molecule has 0 saturated heterocycles. The van der Waals surface area contributed by atoms with Crippen molar-refractivity contribution in [1.82, 2.24) is 0 Å². The van der Waals surface area contributed by atoms with Gasteiger partial charge in [0.15, 0.2) is 0 Å². The topological polar surface area (TPSA) is 21.6 Å². The molecule has 2 rings (SSSR count). The summed E-state index contributed by atoms with van der Waals surface area (Å²) < 4.78 is 25.1. The summed E-state index contributed by atoms with van der Waals surface area (Å²) in [6, 6.07) is 13.9. The number of halogens is 2. The van der Waals surface area contributed by atoms with Crippen LogP contribution in [0.4, 0.5) is 8.78 Å². The van der Waals surface area contributed by atoms with Crippen LogP contribution in [0.25, 0.3) is 0 Å². The lowest BCUT2D eigenvalue weighted by Crippen LogP contribution is -1.91. The summed E-state index contributed by atoms with van der Waals surface area (Å²) in [5, 5.41) is 3.70. The standard InChI is InChI=1S/C17H16F2NO/c1-2-13-5-3-7-15(9-13)12-21-20-11-14-6-4-8-16(10-14)17(18)19/h3-10,17H,2,12H2,1H3. The maximum absolute atomic E-state index is 12.5. The molecule has 0 bridgehead atoms. The fourth-order valence-electron chi connectivity index (χ4n) is 1.88. The Morgan fingerprint density at radius 2 is 1.86 bits per heavy atom. The average Bonchev–Trinajstić information content (AvgIpc) is 2.52. The fraction of sp³-hybridized carbons (Fsp3) is 0.235. The van der Waals surface area contributed by atoms with E-state index in [1.54, 1.807) is 12.1 Å². The van der Waals surface area contributed by atoms with Gasteiger partial charge in [0.2, 0.25) is 0 Å². The second kappa shape index (κ2) is 7.53. The second-order valence-electron chi connectivity index (χ2n) is 4.58. The molecule has 0 heterocycles. The van der Waals surface area contributed by atoms with E-state index in [9.17, 15) is 8.78 Å². The van der Waals surface area contributed by atoms with Crippen LogP contribution in [-0.2, 0) is 17.9 Å². The molecule has 0 aromatic heterocycles. The fourth-order valence-corrected chi connectivity index (χ4v) is 1.88. The van der Waals surface area contributed by atoms with Crippen molar-refractivity contribution in [2.24, 2.45) is 5.16 Å². The Balaban J connectivity index is 1.91. The van der Waals surface area contributed by atoms with E-state index < -0.39 is 6.43 Å². The zero-order valence-electron chi connectivity index (χ0n) is 11.7. The lowest BCUT2D eigenvalue weighted by molar-refractivity contribution is 0.132. The SMILES string of the molecule is CCc1cccc(CO/N=[C]\c2cccc(C(F)F)c2)c1. The third-order valence-electron chi connectivity index (χ3n) is 3.01. The first-order valence-corrected chi connectivity index (χ1v) is 6.73. The van der Waals surface area contributed by atoms with Crippen LogP contribution in [0.15, 0.2) is 53.7 Å². The lowest BCUT2D eigenvalue weighted by Gasteiger charge is -2.02. The van der Waals surface area contributed by atoms with Crippen LogP contribution < -0.4 is 0 Å². The van der Waals surface area contributed by atoms with E-state index >= 15 is 0 Å². The highest BCUT2D eigenvalue weighted by Crippen LogP contribution is 2.18. The molecule has 0 unspecified atom stereocenters. The van der Waals surface area contributed by atoms with Crippen molar-refractivity contribution in [3.8, 4) is 0 Å². The molecule has 0 aliphatic rings. The maximum atomic E-state index is 12.5. The van der Waals surface area contributed by atoms with Gasteiger partial charge in [-0.25, -0.2) is 8.78 Å². The van der Waals surface area contributed by atoms with E-state index in [1.807, 2.05) is 18.2 Å². The summed E-state index contributed by atoms with van der Waals surface area (Å²) >= 11 is 0. The number of hydrogen-bond acceptors (Lipinski definition) is 2. The highest BCUT2D eigenvalue weighted by Gasteiger charge is 2.06. The highest BCUT2D eigenvalue weighted by molar-refractivity contribution is 5.79. The maximum Gasteiger partial charge on any atom is 0.263 e. The van der Waals surface area contributed by atoms with Gasteiger partial charge in [-0.2, -0.15) is 0 Å². The molecule has 0 aliphatic carbocycles. The number of rotatable bonds is 6. The van der Waals surface area contributed by atoms with Crippen LogP contribution in [0, 0.1) is 0 Å². The molecule has 0 spiro atoms. The number of aryl methyl sites for hydroxylation is 1. The van der Waals surface area contributed by atoms with Gasteiger partial charge >= 0.3 is 0 Å². The zero-order chi connectivity index (χ0) is 15.1. The van der Waals surface area contributed by atoms with Crippen LogP contribution in [-0.4, -0.2) is 6.21 Å². The predicted molar refractivity (Wildman–Crippen MR) is 78.5 cm³/mol. The van der Waals surface area contributed by atoms with Crippen LogP contribution in [0.3, 0.4) is 0 Å². The molecule has 0 fully saturated rings. The summed E-state index contributed by atoms with van der Waals surface area (Å²) in [6.07, 6.45) is 1.07. The lowest BCUT2D eigenvalue weighted by atomic mass is 10.1. The van der Waals surface area contributed by atoms with Crippen molar-refractivity contribution in [3.63, 3.8) is 0 Å². The van der Waals surface area contributed by atoms with Gasteiger partial charge in [-0.05, 0) is 23.6 Å². The van der Waals surface area contributed by atoms with Gasteiger partial charge in [0, 0.05) is 11.1 Å². The summed E-state index contributed by atoms with van der Waals surface area (Å²) in [4.78, 5) is 5.15. The average molecular weight is 288 g/mol. The summed E-state index contributed by atoms with van der Waals surface area (Å²) in [5.41, 5.74) is 2.66. The number of hydrogen-bond donors (Lipinski definition) is 0. The summed E-state index contributed by atoms with van der Waals surface area (Å²) in [7, 11) is 0. The van der Waals surface area contributed by atoms with Crippen LogP contribution in [0.2, 0.25) is 0 Å². The van der Waals surface area contributed by atoms with E-state index in [2.05, 4.69) is 24.4 Å². The molecule has 0 aliphatic heterocycles. The summed E-state index contributed by atoms with van der Waals surface area (Å²) in [5.74, 6) is 0. The molecule has 4 heteroatoms. The van der Waals surface area contributed by atoms with Gasteiger partial charge in [-0.3, -0.25) is 0 Å². The quantitative estimate of drug-likeness (QED) is 0.561. The van der Waals surface area contributed by atoms with Gasteiger partial charge in [-0.1, -0.05) is 54.5 Å². The van der Waals surface area contributed by atoms with Crippen LogP contribution in [0.1, 0.15) is 35.6 Å². The Hall–Kier alpha value is -2.23. The van der Waals surface area contributed by atoms with Crippen molar-refractivity contribution in [1.29, 1.82) is 0 Å². The summed E-state index contributed by atoms with van der Waals surface area (Å²) in [6.45, 7) is 2.41. The first-order valence-electron chi connectivity index (χ1n) is 6.73. The van der Waals surface area contributed by atoms with Gasteiger partial charge in [0.25, 0.3) is 6.43 Å². The first-order chi connectivity index (χ1) is 10.2. The Bertz CT molecular complexity index is 611. The first kappa shape index (κ1) is 15.2. The zero-order valence-corrected chi connectivity index (χ0v) is 11.7. The third kappa shape index (κ3) is 4.67. The minimum absolute atomic E-state index is 0.0501. The van der Waals surface area contributed by atoms with Crippen molar-refractivity contribution in [2.75, 3.05) is 0 Å². The molecule has 0 saturated carbocycles. The minimum atomic E-state index is -2.50. The van der Waals surface area contributed by atoms with Crippen molar-refractivity contribution < 1.29 is 13.6 Å². The number of nitrogens with zero attached hydrogens (tertiary/aromatic N) is 1. The van der Waals surface area contributed by atoms with E-state index in [4.69, 9.17) is 4.84 Å². The molecule has 2 nitrogen and oxygen atoms in total. The predicted octanol–water partition coefficient (Wildman–Crippen LogP) is 4.61. The molecule has 109 valence electrons. The normalized spacial score (nSPS) is 11.2. The highest BCUT2D eigenvalue weighted by atomic mass is 19.3. The second-order valence-corrected chi connectivity index (χ2v) is 4.58. The molecule has 0 N–H and O–H groups in total. The van der Waals surface area contributed by atoms with Gasteiger partial charge in [-0.15, -0.1) is 0 Å². The number of benzene rings is 2. The molecule has 1 radical (unpaired) electrons. The van der Waals surface area contributed by atoms with Crippen molar-refractivity contribution in [2.45, 2.75) is 26.4 Å². The minimum Gasteiger partial charge on any atom is -0.390 e. The third-order valence-corrected chi connectivity index (χ3v) is 3.01. The van der Waals surface area contributed by atoms with Gasteiger partial charge in [0.05, 0.1) is 0 Å². The van der Waals surface area contributed by atoms with Gasteiger partial charge < -0.3 is 4.84 Å². The smallest absolute Gasteiger partial charge is 0.263 e. The van der Waals surface area contributed by atoms with E-state index in [0.717, 1.165) is 12.0 Å². The Morgan fingerprint density at radius 3 is 2.62 bits per heavy atom. The molecule has 0 atom stereocenters. The van der Waals surface area contributed by atoms with Crippen molar-refractivity contribution >= 4 is 6.21 Å². The van der Waals surface area contributed by atoms with Gasteiger partial charge in [0.1, 0.15) is 12.8 Å². The van der Waals surface area contributed by atoms with E-state index in [-0.39, 0.29) is 5.56 Å². The van der Waals surface area contributed by atoms with E-state index in [0.29, 0.717) is 12.2 Å². The molecular weight excluding hydrogens is 272 g/mol. The molecule has 2 aromatic rings. The van der Waals surface area contributed by atoms with Crippen LogP contribution in [0.5, 0.6) is 0 Å². The van der Waals surface area contributed by atoms with E-state index in [1.165, 1.54) is 17.7 Å². The molecule has 21 heavy (non-hydrogen) atoms. The molecule has 2 aromatic carbocycles. The molecule has 0 amide bonds. The van der Waals surface area contributed by atoms with Crippen molar-refractivity contribution in [3.05, 3.63) is 70.8 Å². The Kier molecular flexibility index (Phi) is 5.43. The van der Waals surface area contributed by atoms with Crippen LogP contribution >= 0.6 is 0 Å². The molecular formula is C17H16F2NO. The Morgan fingerprint density at radius 1 is 1.10 bits per heavy atom.